The van der Waals surface area contributed by atoms with Gasteiger partial charge in [-0.05, 0) is 29.8 Å². The Balaban J connectivity index is 1.58. The predicted octanol–water partition coefficient (Wildman–Crippen LogP) is 3.03. The summed E-state index contributed by atoms with van der Waals surface area (Å²) >= 11 is 0. The molecule has 6 nitrogen and oxygen atoms in total. The maximum Gasteiger partial charge on any atom is 0.227 e. The average Bonchev–Trinajstić information content (AvgIpc) is 3.12. The molecular formula is C21H22N4O2. The largest absolute Gasteiger partial charge is 0.341 e. The molecule has 0 aliphatic rings. The minimum absolute atomic E-state index is 0.0229. The van der Waals surface area contributed by atoms with Crippen molar-refractivity contribution in [3.8, 4) is 5.69 Å². The fourth-order valence-electron chi connectivity index (χ4n) is 2.74. The predicted molar refractivity (Wildman–Crippen MR) is 104 cm³/mol. The van der Waals surface area contributed by atoms with Crippen LogP contribution in [0.15, 0.2) is 67.0 Å². The number of aromatic nitrogens is 2. The summed E-state index contributed by atoms with van der Waals surface area (Å²) in [6.07, 6.45) is 4.02. The summed E-state index contributed by atoms with van der Waals surface area (Å²) in [5, 5.41) is 7.07. The number of benzene rings is 2. The summed E-state index contributed by atoms with van der Waals surface area (Å²) in [5.41, 5.74) is 3.58. The molecule has 0 aliphatic heterocycles. The summed E-state index contributed by atoms with van der Waals surface area (Å²) in [6, 6.07) is 17.2. The van der Waals surface area contributed by atoms with Gasteiger partial charge in [0.15, 0.2) is 0 Å². The van der Waals surface area contributed by atoms with Crippen LogP contribution in [0.2, 0.25) is 0 Å². The Bertz CT molecular complexity index is 917. The van der Waals surface area contributed by atoms with Crippen molar-refractivity contribution in [2.24, 2.45) is 0 Å². The third-order valence-corrected chi connectivity index (χ3v) is 4.13. The molecule has 1 heterocycles. The molecule has 138 valence electrons. The van der Waals surface area contributed by atoms with Gasteiger partial charge in [-0.1, -0.05) is 30.3 Å². The third kappa shape index (κ3) is 5.04. The number of anilines is 1. The fraction of sp³-hybridized carbons (Fsp3) is 0.190. The smallest absolute Gasteiger partial charge is 0.227 e. The number of amides is 2. The molecule has 1 N–H and O–H groups in total. The minimum Gasteiger partial charge on any atom is -0.341 e. The SMILES string of the molecule is CC(=O)Nc1ccc(CC(=O)N(C)Cc2cnn(-c3ccccc3)c2)cc1. The number of rotatable bonds is 6. The van der Waals surface area contributed by atoms with Gasteiger partial charge in [-0.2, -0.15) is 5.10 Å². The van der Waals surface area contributed by atoms with Gasteiger partial charge in [0, 0.05) is 38.0 Å². The molecule has 2 amide bonds. The summed E-state index contributed by atoms with van der Waals surface area (Å²) in [5.74, 6) is -0.0932. The highest BCUT2D eigenvalue weighted by Crippen LogP contribution is 2.13. The van der Waals surface area contributed by atoms with Crippen LogP contribution in [0.3, 0.4) is 0 Å². The molecule has 0 saturated heterocycles. The normalized spacial score (nSPS) is 10.4. The second kappa shape index (κ2) is 8.31. The summed E-state index contributed by atoms with van der Waals surface area (Å²) in [6.45, 7) is 1.96. The topological polar surface area (TPSA) is 67.2 Å². The van der Waals surface area contributed by atoms with E-state index in [9.17, 15) is 9.59 Å². The first-order valence-electron chi connectivity index (χ1n) is 8.71. The van der Waals surface area contributed by atoms with E-state index < -0.39 is 0 Å². The molecule has 27 heavy (non-hydrogen) atoms. The zero-order valence-corrected chi connectivity index (χ0v) is 15.4. The van der Waals surface area contributed by atoms with E-state index in [1.54, 1.807) is 35.0 Å². The summed E-state index contributed by atoms with van der Waals surface area (Å²) < 4.78 is 1.80. The number of nitrogens with one attached hydrogen (secondary N) is 1. The van der Waals surface area contributed by atoms with Crippen LogP contribution in [0.5, 0.6) is 0 Å². The van der Waals surface area contributed by atoms with Gasteiger partial charge in [-0.3, -0.25) is 9.59 Å². The molecule has 0 saturated carbocycles. The van der Waals surface area contributed by atoms with Gasteiger partial charge in [-0.15, -0.1) is 0 Å². The van der Waals surface area contributed by atoms with Gasteiger partial charge in [0.1, 0.15) is 0 Å². The van der Waals surface area contributed by atoms with Crippen molar-refractivity contribution in [2.75, 3.05) is 12.4 Å². The highest BCUT2D eigenvalue weighted by atomic mass is 16.2. The van der Waals surface area contributed by atoms with Crippen LogP contribution in [-0.2, 0) is 22.6 Å². The van der Waals surface area contributed by atoms with Crippen LogP contribution < -0.4 is 5.32 Å². The average molecular weight is 362 g/mol. The van der Waals surface area contributed by atoms with Crippen LogP contribution in [0.1, 0.15) is 18.1 Å². The third-order valence-electron chi connectivity index (χ3n) is 4.13. The van der Waals surface area contributed by atoms with Crippen LogP contribution in [0.4, 0.5) is 5.69 Å². The van der Waals surface area contributed by atoms with Crippen LogP contribution in [0, 0.1) is 0 Å². The molecule has 0 aliphatic carbocycles. The summed E-state index contributed by atoms with van der Waals surface area (Å²) in [7, 11) is 1.79. The lowest BCUT2D eigenvalue weighted by Crippen LogP contribution is -2.27. The van der Waals surface area contributed by atoms with E-state index in [1.165, 1.54) is 6.92 Å². The first-order valence-corrected chi connectivity index (χ1v) is 8.71. The maximum atomic E-state index is 12.5. The maximum absolute atomic E-state index is 12.5. The number of carbonyl (C=O) groups excluding carboxylic acids is 2. The van der Waals surface area contributed by atoms with Crippen molar-refractivity contribution >= 4 is 17.5 Å². The lowest BCUT2D eigenvalue weighted by Gasteiger charge is -2.16. The van der Waals surface area contributed by atoms with E-state index in [2.05, 4.69) is 10.4 Å². The number of hydrogen-bond donors (Lipinski definition) is 1. The van der Waals surface area contributed by atoms with Gasteiger partial charge in [0.2, 0.25) is 11.8 Å². The first-order chi connectivity index (χ1) is 13.0. The molecule has 3 rings (SSSR count). The Hall–Kier alpha value is -3.41. The standard InChI is InChI=1S/C21H22N4O2/c1-16(26)23-19-10-8-17(9-11-19)12-21(27)24(2)14-18-13-22-25(15-18)20-6-4-3-5-7-20/h3-11,13,15H,12,14H2,1-2H3,(H,23,26). The second-order valence-corrected chi connectivity index (χ2v) is 6.43. The van der Waals surface area contributed by atoms with Gasteiger partial charge in [0.25, 0.3) is 0 Å². The number of nitrogens with zero attached hydrogens (tertiary/aromatic N) is 3. The molecule has 0 spiro atoms. The number of para-hydroxylation sites is 1. The summed E-state index contributed by atoms with van der Waals surface area (Å²) in [4.78, 5) is 25.2. The molecule has 2 aromatic carbocycles. The number of likely N-dealkylation sites (N-methyl/N-ethyl adjacent to an activating group) is 1. The zero-order chi connectivity index (χ0) is 19.2. The lowest BCUT2D eigenvalue weighted by molar-refractivity contribution is -0.129. The van der Waals surface area contributed by atoms with Gasteiger partial charge < -0.3 is 10.2 Å². The van der Waals surface area contributed by atoms with E-state index >= 15 is 0 Å². The fourth-order valence-corrected chi connectivity index (χ4v) is 2.74. The van der Waals surface area contributed by atoms with E-state index in [-0.39, 0.29) is 11.8 Å². The Kier molecular flexibility index (Phi) is 5.66. The van der Waals surface area contributed by atoms with E-state index in [0.29, 0.717) is 13.0 Å². The van der Waals surface area contributed by atoms with Crippen molar-refractivity contribution in [3.63, 3.8) is 0 Å². The lowest BCUT2D eigenvalue weighted by atomic mass is 10.1. The highest BCUT2D eigenvalue weighted by molar-refractivity contribution is 5.88. The second-order valence-electron chi connectivity index (χ2n) is 6.43. The van der Waals surface area contributed by atoms with Crippen LogP contribution in [-0.4, -0.2) is 33.5 Å². The zero-order valence-electron chi connectivity index (χ0n) is 15.4. The molecule has 3 aromatic rings. The molecule has 0 bridgehead atoms. The van der Waals surface area contributed by atoms with Gasteiger partial charge in [-0.25, -0.2) is 4.68 Å². The van der Waals surface area contributed by atoms with Gasteiger partial charge in [0.05, 0.1) is 18.3 Å². The number of hydrogen-bond acceptors (Lipinski definition) is 3. The monoisotopic (exact) mass is 362 g/mol. The molecule has 0 fully saturated rings. The molecule has 0 unspecified atom stereocenters. The van der Waals surface area contributed by atoms with E-state index in [4.69, 9.17) is 0 Å². The van der Waals surface area contributed by atoms with Crippen molar-refractivity contribution in [2.45, 2.75) is 19.9 Å². The Morgan fingerprint density at radius 1 is 1.04 bits per heavy atom. The number of carbonyl (C=O) groups is 2. The molecule has 0 radical (unpaired) electrons. The highest BCUT2D eigenvalue weighted by Gasteiger charge is 2.12. The van der Waals surface area contributed by atoms with Crippen molar-refractivity contribution in [1.82, 2.24) is 14.7 Å². The molecule has 6 heteroatoms. The van der Waals surface area contributed by atoms with E-state index in [0.717, 1.165) is 22.5 Å². The Morgan fingerprint density at radius 3 is 2.41 bits per heavy atom. The van der Waals surface area contributed by atoms with Crippen LogP contribution >= 0.6 is 0 Å². The minimum atomic E-state index is -0.116. The van der Waals surface area contributed by atoms with Gasteiger partial charge >= 0.3 is 0 Å². The molecular weight excluding hydrogens is 340 g/mol. The first kappa shape index (κ1) is 18.4. The molecule has 1 aromatic heterocycles. The van der Waals surface area contributed by atoms with Crippen molar-refractivity contribution in [3.05, 3.63) is 78.1 Å². The van der Waals surface area contributed by atoms with Crippen LogP contribution in [0.25, 0.3) is 5.69 Å². The Morgan fingerprint density at radius 2 is 1.74 bits per heavy atom. The Labute approximate surface area is 158 Å². The molecule has 0 atom stereocenters. The van der Waals surface area contributed by atoms with Crippen molar-refractivity contribution < 1.29 is 9.59 Å². The van der Waals surface area contributed by atoms with Crippen molar-refractivity contribution in [1.29, 1.82) is 0 Å². The van der Waals surface area contributed by atoms with E-state index in [1.807, 2.05) is 48.7 Å². The quantitative estimate of drug-likeness (QED) is 0.733.